The lowest BCUT2D eigenvalue weighted by Gasteiger charge is -2.23. The molecule has 0 radical (unpaired) electrons. The maximum Gasteiger partial charge on any atom is 0.229 e. The Kier molecular flexibility index (Phi) is 6.66. The number of fused-ring (bicyclic) bond motifs is 1. The second-order valence-electron chi connectivity index (χ2n) is 9.80. The van der Waals surface area contributed by atoms with Crippen LogP contribution in [-0.4, -0.2) is 37.6 Å². The number of piperidine rings is 1. The number of anilines is 2. The molecule has 0 bridgehead atoms. The van der Waals surface area contributed by atoms with Crippen molar-refractivity contribution in [3.63, 3.8) is 0 Å². The molecule has 1 aliphatic rings. The summed E-state index contributed by atoms with van der Waals surface area (Å²) in [6.07, 6.45) is 4.46. The van der Waals surface area contributed by atoms with Gasteiger partial charge in [0.1, 0.15) is 22.9 Å². The number of nitrogens with zero attached hydrogens (tertiary/aromatic N) is 5. The number of halogens is 2. The van der Waals surface area contributed by atoms with E-state index in [1.54, 1.807) is 6.07 Å². The highest BCUT2D eigenvalue weighted by atomic mass is 19.1. The van der Waals surface area contributed by atoms with E-state index in [4.69, 9.17) is 0 Å². The fourth-order valence-corrected chi connectivity index (χ4v) is 5.07. The minimum atomic E-state index is -0.631. The van der Waals surface area contributed by atoms with Gasteiger partial charge in [-0.05, 0) is 89.7 Å². The topological polar surface area (TPSA) is 80.6 Å². The maximum atomic E-state index is 14.9. The first-order chi connectivity index (χ1) is 17.3. The van der Waals surface area contributed by atoms with Crippen LogP contribution in [0.15, 0.2) is 30.5 Å². The van der Waals surface area contributed by atoms with Crippen molar-refractivity contribution in [3.05, 3.63) is 59.2 Å². The van der Waals surface area contributed by atoms with E-state index in [1.165, 1.54) is 24.5 Å². The fraction of sp³-hybridized carbons (Fsp3) is 0.407. The predicted octanol–water partition coefficient (Wildman–Crippen LogP) is 5.65. The Balaban J connectivity index is 1.43. The third-order valence-electron chi connectivity index (χ3n) is 6.86. The van der Waals surface area contributed by atoms with E-state index in [2.05, 4.69) is 36.6 Å². The van der Waals surface area contributed by atoms with Crippen LogP contribution in [-0.2, 0) is 6.42 Å². The SMILES string of the molecule is Cc1nc(Nc2ncc(F)c(-c3cc(F)c4nc(C)n(C(C)C)c4c3)n2)ccc1CC1CCNCC1. The van der Waals surface area contributed by atoms with Crippen molar-refractivity contribution in [3.8, 4) is 11.3 Å². The summed E-state index contributed by atoms with van der Waals surface area (Å²) in [6.45, 7) is 9.96. The van der Waals surface area contributed by atoms with Gasteiger partial charge in [-0.2, -0.15) is 0 Å². The van der Waals surface area contributed by atoms with Gasteiger partial charge in [0, 0.05) is 17.3 Å². The molecule has 3 aromatic heterocycles. The van der Waals surface area contributed by atoms with Crippen LogP contribution in [0.25, 0.3) is 22.3 Å². The summed E-state index contributed by atoms with van der Waals surface area (Å²) >= 11 is 0. The van der Waals surface area contributed by atoms with Crippen LogP contribution in [0, 0.1) is 31.4 Å². The van der Waals surface area contributed by atoms with Gasteiger partial charge >= 0.3 is 0 Å². The molecule has 9 heteroatoms. The van der Waals surface area contributed by atoms with Crippen LogP contribution in [0.4, 0.5) is 20.5 Å². The summed E-state index contributed by atoms with van der Waals surface area (Å²) in [5, 5.41) is 6.48. The number of benzene rings is 1. The Bertz CT molecular complexity index is 1410. The summed E-state index contributed by atoms with van der Waals surface area (Å²) in [7, 11) is 0. The number of pyridine rings is 1. The molecular weight excluding hydrogens is 460 g/mol. The second kappa shape index (κ2) is 9.89. The first kappa shape index (κ1) is 24.2. The van der Waals surface area contributed by atoms with Crippen molar-refractivity contribution in [1.82, 2.24) is 29.8 Å². The third kappa shape index (κ3) is 4.80. The molecule has 1 aromatic carbocycles. The summed E-state index contributed by atoms with van der Waals surface area (Å²) < 4.78 is 31.7. The zero-order valence-corrected chi connectivity index (χ0v) is 21.1. The number of rotatable bonds is 6. The van der Waals surface area contributed by atoms with Gasteiger partial charge < -0.3 is 15.2 Å². The van der Waals surface area contributed by atoms with E-state index in [-0.39, 0.29) is 23.2 Å². The Morgan fingerprint density at radius 2 is 1.83 bits per heavy atom. The maximum absolute atomic E-state index is 14.9. The largest absolute Gasteiger partial charge is 0.326 e. The normalized spacial score (nSPS) is 14.6. The highest BCUT2D eigenvalue weighted by Gasteiger charge is 2.19. The molecule has 188 valence electrons. The zero-order chi connectivity index (χ0) is 25.4. The fourth-order valence-electron chi connectivity index (χ4n) is 5.07. The highest BCUT2D eigenvalue weighted by Crippen LogP contribution is 2.30. The smallest absolute Gasteiger partial charge is 0.229 e. The number of aromatic nitrogens is 5. The van der Waals surface area contributed by atoms with Crippen LogP contribution in [0.1, 0.15) is 49.8 Å². The first-order valence-corrected chi connectivity index (χ1v) is 12.5. The Morgan fingerprint density at radius 3 is 2.56 bits per heavy atom. The number of hydrogen-bond acceptors (Lipinski definition) is 6. The molecule has 1 saturated heterocycles. The lowest BCUT2D eigenvalue weighted by molar-refractivity contribution is 0.372. The molecule has 1 fully saturated rings. The molecule has 1 aliphatic heterocycles. The Morgan fingerprint density at radius 1 is 1.06 bits per heavy atom. The van der Waals surface area contributed by atoms with Crippen LogP contribution < -0.4 is 10.6 Å². The van der Waals surface area contributed by atoms with E-state index >= 15 is 0 Å². The monoisotopic (exact) mass is 491 g/mol. The summed E-state index contributed by atoms with van der Waals surface area (Å²) in [5.41, 5.74) is 3.39. The molecule has 2 N–H and O–H groups in total. The van der Waals surface area contributed by atoms with Crippen molar-refractivity contribution in [2.45, 2.75) is 53.0 Å². The second-order valence-corrected chi connectivity index (χ2v) is 9.80. The van der Waals surface area contributed by atoms with Crippen molar-refractivity contribution in [2.24, 2.45) is 5.92 Å². The number of nitrogens with one attached hydrogen (secondary N) is 2. The molecule has 0 unspecified atom stereocenters. The highest BCUT2D eigenvalue weighted by molar-refractivity contribution is 5.83. The van der Waals surface area contributed by atoms with Crippen LogP contribution in [0.5, 0.6) is 0 Å². The van der Waals surface area contributed by atoms with Crippen molar-refractivity contribution in [1.29, 1.82) is 0 Å². The quantitative estimate of drug-likeness (QED) is 0.363. The van der Waals surface area contributed by atoms with Crippen LogP contribution in [0.3, 0.4) is 0 Å². The molecule has 4 aromatic rings. The van der Waals surface area contributed by atoms with Gasteiger partial charge in [0.05, 0.1) is 11.7 Å². The molecule has 0 aliphatic carbocycles. The van der Waals surface area contributed by atoms with Gasteiger partial charge in [0.15, 0.2) is 11.6 Å². The van der Waals surface area contributed by atoms with Gasteiger partial charge in [-0.3, -0.25) is 0 Å². The van der Waals surface area contributed by atoms with E-state index in [0.29, 0.717) is 28.6 Å². The Hall–Kier alpha value is -3.46. The third-order valence-corrected chi connectivity index (χ3v) is 6.86. The summed E-state index contributed by atoms with van der Waals surface area (Å²) in [4.78, 5) is 17.5. The van der Waals surface area contributed by atoms with E-state index in [0.717, 1.165) is 31.4 Å². The molecule has 0 atom stereocenters. The zero-order valence-electron chi connectivity index (χ0n) is 21.1. The lowest BCUT2D eigenvalue weighted by Crippen LogP contribution is -2.28. The number of hydrogen-bond donors (Lipinski definition) is 2. The molecular formula is C27H31F2N7. The summed E-state index contributed by atoms with van der Waals surface area (Å²) in [6, 6.07) is 7.05. The van der Waals surface area contributed by atoms with Gasteiger partial charge in [0.25, 0.3) is 0 Å². The molecule has 7 nitrogen and oxygen atoms in total. The van der Waals surface area contributed by atoms with Gasteiger partial charge in [-0.15, -0.1) is 0 Å². The standard InChI is InChI=1S/C27H31F2N7/c1-15(2)36-17(4)33-26-21(28)12-20(13-23(26)36)25-22(29)14-31-27(35-25)34-24-6-5-19(16(3)32-24)11-18-7-9-30-10-8-18/h5-6,12-15,18,30H,7-11H2,1-4H3,(H,31,32,34,35). The molecule has 5 rings (SSSR count). The van der Waals surface area contributed by atoms with E-state index in [9.17, 15) is 8.78 Å². The minimum Gasteiger partial charge on any atom is -0.326 e. The average Bonchev–Trinajstić information content (AvgIpc) is 3.19. The van der Waals surface area contributed by atoms with Crippen molar-refractivity contribution >= 4 is 22.8 Å². The van der Waals surface area contributed by atoms with Crippen LogP contribution >= 0.6 is 0 Å². The number of imidazole rings is 1. The van der Waals surface area contributed by atoms with Gasteiger partial charge in [0.2, 0.25) is 5.95 Å². The minimum absolute atomic E-state index is 0.0155. The molecule has 4 heterocycles. The predicted molar refractivity (Wildman–Crippen MR) is 137 cm³/mol. The van der Waals surface area contributed by atoms with Gasteiger partial charge in [-0.1, -0.05) is 6.07 Å². The molecule has 0 spiro atoms. The Labute approximate surface area is 209 Å². The lowest BCUT2D eigenvalue weighted by atomic mass is 9.90. The molecule has 36 heavy (non-hydrogen) atoms. The number of aryl methyl sites for hydroxylation is 2. The van der Waals surface area contributed by atoms with Crippen molar-refractivity contribution in [2.75, 3.05) is 18.4 Å². The van der Waals surface area contributed by atoms with E-state index in [1.807, 2.05) is 38.3 Å². The molecule has 0 saturated carbocycles. The average molecular weight is 492 g/mol. The van der Waals surface area contributed by atoms with Crippen molar-refractivity contribution < 1.29 is 8.78 Å². The van der Waals surface area contributed by atoms with E-state index < -0.39 is 11.6 Å². The van der Waals surface area contributed by atoms with Gasteiger partial charge in [-0.25, -0.2) is 28.7 Å². The molecule has 0 amide bonds. The first-order valence-electron chi connectivity index (χ1n) is 12.5. The van der Waals surface area contributed by atoms with Crippen LogP contribution in [0.2, 0.25) is 0 Å². The summed E-state index contributed by atoms with van der Waals surface area (Å²) in [5.74, 6) is 0.994.